The molecule has 0 atom stereocenters. The molecule has 4 heteroatoms. The molecule has 0 aliphatic rings. The summed E-state index contributed by atoms with van der Waals surface area (Å²) in [6.45, 7) is 3.29. The van der Waals surface area contributed by atoms with Gasteiger partial charge in [0, 0.05) is 18.7 Å². The Bertz CT molecular complexity index is 783. The molecular weight excluding hydrogens is 443 g/mol. The molecule has 196 valence electrons. The van der Waals surface area contributed by atoms with Gasteiger partial charge in [-0.2, -0.15) is 13.2 Å². The van der Waals surface area contributed by atoms with Crippen LogP contribution >= 0.6 is 0 Å². The lowest BCUT2D eigenvalue weighted by Gasteiger charge is -2.12. The van der Waals surface area contributed by atoms with Crippen LogP contribution in [0.2, 0.25) is 0 Å². The average molecular weight is 490 g/mol. The number of nitrogens with one attached hydrogen (secondary N) is 1. The topological polar surface area (TPSA) is 12.0 Å². The Morgan fingerprint density at radius 1 is 0.629 bits per heavy atom. The molecule has 1 nitrogen and oxygen atoms in total. The van der Waals surface area contributed by atoms with Crippen molar-refractivity contribution in [3.8, 4) is 11.1 Å². The molecule has 35 heavy (non-hydrogen) atoms. The van der Waals surface area contributed by atoms with Crippen LogP contribution in [0, 0.1) is 0 Å². The van der Waals surface area contributed by atoms with Crippen molar-refractivity contribution >= 4 is 5.69 Å². The van der Waals surface area contributed by atoms with Gasteiger partial charge in [-0.3, -0.25) is 0 Å². The molecule has 0 amide bonds. The molecule has 0 saturated carbocycles. The normalized spacial score (nSPS) is 11.7. The second-order valence-electron chi connectivity index (χ2n) is 9.87. The van der Waals surface area contributed by atoms with Gasteiger partial charge >= 0.3 is 6.18 Å². The van der Waals surface area contributed by atoms with E-state index in [1.165, 1.54) is 67.3 Å². The summed E-state index contributed by atoms with van der Waals surface area (Å²) in [7, 11) is 0. The number of anilines is 1. The maximum absolute atomic E-state index is 12.2. The van der Waals surface area contributed by atoms with E-state index in [0.29, 0.717) is 6.42 Å². The smallest absolute Gasteiger partial charge is 0.385 e. The van der Waals surface area contributed by atoms with Crippen LogP contribution < -0.4 is 5.32 Å². The minimum Gasteiger partial charge on any atom is -0.385 e. The van der Waals surface area contributed by atoms with Gasteiger partial charge in [-0.05, 0) is 54.5 Å². The summed E-state index contributed by atoms with van der Waals surface area (Å²) in [5.41, 5.74) is 5.12. The highest BCUT2D eigenvalue weighted by molar-refractivity contribution is 5.69. The van der Waals surface area contributed by atoms with Crippen LogP contribution in [0.5, 0.6) is 0 Å². The van der Waals surface area contributed by atoms with Crippen molar-refractivity contribution in [2.45, 2.75) is 116 Å². The number of halogens is 3. The molecule has 0 unspecified atom stereocenters. The first kappa shape index (κ1) is 29.3. The van der Waals surface area contributed by atoms with Gasteiger partial charge in [0.05, 0.1) is 0 Å². The van der Waals surface area contributed by atoms with E-state index in [9.17, 15) is 13.2 Å². The second kappa shape index (κ2) is 17.5. The average Bonchev–Trinajstić information content (AvgIpc) is 2.84. The molecule has 0 aromatic heterocycles. The molecule has 0 radical (unpaired) electrons. The molecule has 0 heterocycles. The summed E-state index contributed by atoms with van der Waals surface area (Å²) in [5, 5.41) is 3.56. The van der Waals surface area contributed by atoms with E-state index in [2.05, 4.69) is 60.8 Å². The minimum atomic E-state index is -4.00. The van der Waals surface area contributed by atoms with Gasteiger partial charge in [0.1, 0.15) is 0 Å². The number of hydrogen-bond acceptors (Lipinski definition) is 1. The molecule has 0 aliphatic carbocycles. The third kappa shape index (κ3) is 13.6. The molecule has 2 aromatic rings. The minimum absolute atomic E-state index is 0.268. The molecule has 1 N–H and O–H groups in total. The number of aryl methyl sites for hydroxylation is 1. The molecule has 0 spiro atoms. The Morgan fingerprint density at radius 2 is 1.20 bits per heavy atom. The summed E-state index contributed by atoms with van der Waals surface area (Å²) < 4.78 is 36.5. The van der Waals surface area contributed by atoms with Crippen molar-refractivity contribution in [1.29, 1.82) is 0 Å². The van der Waals surface area contributed by atoms with Gasteiger partial charge in [0.25, 0.3) is 0 Å². The third-order valence-electron chi connectivity index (χ3n) is 6.73. The fourth-order valence-corrected chi connectivity index (χ4v) is 4.63. The molecule has 0 aliphatic heterocycles. The Labute approximate surface area is 211 Å². The largest absolute Gasteiger partial charge is 0.389 e. The number of rotatable bonds is 19. The monoisotopic (exact) mass is 489 g/mol. The van der Waals surface area contributed by atoms with Crippen molar-refractivity contribution in [3.63, 3.8) is 0 Å². The summed E-state index contributed by atoms with van der Waals surface area (Å²) in [6, 6.07) is 17.4. The van der Waals surface area contributed by atoms with E-state index in [-0.39, 0.29) is 6.42 Å². The number of alkyl halides is 3. The summed E-state index contributed by atoms with van der Waals surface area (Å²) in [4.78, 5) is 0. The van der Waals surface area contributed by atoms with Gasteiger partial charge in [0.2, 0.25) is 0 Å². The van der Waals surface area contributed by atoms with Crippen LogP contribution in [0.1, 0.15) is 109 Å². The van der Waals surface area contributed by atoms with Crippen molar-refractivity contribution < 1.29 is 13.2 Å². The van der Waals surface area contributed by atoms with Gasteiger partial charge < -0.3 is 5.32 Å². The Morgan fingerprint density at radius 3 is 1.86 bits per heavy atom. The molecule has 0 saturated heterocycles. The van der Waals surface area contributed by atoms with Gasteiger partial charge in [-0.15, -0.1) is 0 Å². The number of hydrogen-bond donors (Lipinski definition) is 1. The van der Waals surface area contributed by atoms with E-state index in [1.54, 1.807) is 0 Å². The van der Waals surface area contributed by atoms with Crippen molar-refractivity contribution in [2.24, 2.45) is 0 Å². The summed E-state index contributed by atoms with van der Waals surface area (Å²) >= 11 is 0. The van der Waals surface area contributed by atoms with Crippen molar-refractivity contribution in [2.75, 3.05) is 11.9 Å². The summed E-state index contributed by atoms with van der Waals surface area (Å²) in [6.07, 6.45) is 12.0. The highest BCUT2D eigenvalue weighted by atomic mass is 19.4. The zero-order valence-electron chi connectivity index (χ0n) is 21.8. The summed E-state index contributed by atoms with van der Waals surface area (Å²) in [5.74, 6) is 0. The van der Waals surface area contributed by atoms with Gasteiger partial charge in [-0.25, -0.2) is 0 Å². The van der Waals surface area contributed by atoms with Crippen LogP contribution in [0.15, 0.2) is 48.5 Å². The predicted octanol–water partition coefficient (Wildman–Crippen LogP) is 10.7. The van der Waals surface area contributed by atoms with Crippen LogP contribution in [-0.4, -0.2) is 12.7 Å². The fraction of sp³-hybridized carbons (Fsp3) is 0.613. The number of benzene rings is 2. The molecule has 2 aromatic carbocycles. The van der Waals surface area contributed by atoms with Crippen molar-refractivity contribution in [1.82, 2.24) is 0 Å². The Hall–Kier alpha value is -1.97. The maximum Gasteiger partial charge on any atom is 0.389 e. The maximum atomic E-state index is 12.2. The van der Waals surface area contributed by atoms with Crippen LogP contribution in [0.3, 0.4) is 0 Å². The molecular formula is C31H46F3N. The Balaban J connectivity index is 1.66. The Kier molecular flexibility index (Phi) is 14.6. The highest BCUT2D eigenvalue weighted by Crippen LogP contribution is 2.27. The molecule has 0 bridgehead atoms. The first-order chi connectivity index (χ1) is 17.0. The lowest BCUT2D eigenvalue weighted by atomic mass is 9.95. The zero-order valence-corrected chi connectivity index (χ0v) is 21.8. The second-order valence-corrected chi connectivity index (χ2v) is 9.87. The zero-order chi connectivity index (χ0) is 25.2. The quantitative estimate of drug-likeness (QED) is 0.193. The van der Waals surface area contributed by atoms with E-state index in [4.69, 9.17) is 0 Å². The van der Waals surface area contributed by atoms with E-state index < -0.39 is 12.6 Å². The van der Waals surface area contributed by atoms with Crippen LogP contribution in [-0.2, 0) is 6.42 Å². The predicted molar refractivity (Wildman–Crippen MR) is 145 cm³/mol. The molecule has 2 rings (SSSR count). The SMILES string of the molecule is CCCCCCCCCNc1ccc(-c2ccccc2CCCCCCCCCC(F)(F)F)cc1. The first-order valence-electron chi connectivity index (χ1n) is 14.0. The van der Waals surface area contributed by atoms with Gasteiger partial charge in [-0.1, -0.05) is 114 Å². The van der Waals surface area contributed by atoms with Crippen LogP contribution in [0.25, 0.3) is 11.1 Å². The lowest BCUT2D eigenvalue weighted by Crippen LogP contribution is -2.06. The highest BCUT2D eigenvalue weighted by Gasteiger charge is 2.25. The molecule has 0 fully saturated rings. The van der Waals surface area contributed by atoms with E-state index in [0.717, 1.165) is 45.1 Å². The lowest BCUT2D eigenvalue weighted by molar-refractivity contribution is -0.135. The van der Waals surface area contributed by atoms with Crippen LogP contribution in [0.4, 0.5) is 18.9 Å². The fourth-order valence-electron chi connectivity index (χ4n) is 4.63. The van der Waals surface area contributed by atoms with Crippen molar-refractivity contribution in [3.05, 3.63) is 54.1 Å². The standard InChI is InChI=1S/C31H46F3N/c1-2-3-4-5-9-12-17-26-35-29-23-21-28(22-24-29)30-20-15-14-19-27(30)18-13-10-7-6-8-11-16-25-31(32,33)34/h14-15,19-24,35H,2-13,16-18,25-26H2,1H3. The number of unbranched alkanes of at least 4 members (excludes halogenated alkanes) is 12. The van der Waals surface area contributed by atoms with Gasteiger partial charge in [0.15, 0.2) is 0 Å². The third-order valence-corrected chi connectivity index (χ3v) is 6.73. The first-order valence-corrected chi connectivity index (χ1v) is 14.0. The van der Waals surface area contributed by atoms with E-state index >= 15 is 0 Å². The van der Waals surface area contributed by atoms with E-state index in [1.807, 2.05) is 0 Å².